The zero-order valence-electron chi connectivity index (χ0n) is 39.2. The molecule has 0 unspecified atom stereocenters. The molecule has 0 N–H and O–H groups in total. The molecule has 0 saturated carbocycles. The van der Waals surface area contributed by atoms with Crippen molar-refractivity contribution in [2.24, 2.45) is 0 Å². The molecule has 0 aliphatic heterocycles. The molecule has 0 aliphatic rings. The van der Waals surface area contributed by atoms with Crippen molar-refractivity contribution in [1.29, 1.82) is 0 Å². The molecule has 0 atom stereocenters. The molecule has 16 rings (SSSR count). The fraction of sp³-hybridized carbons (Fsp3) is 0. The zero-order chi connectivity index (χ0) is 47.7. The van der Waals surface area contributed by atoms with Gasteiger partial charge in [-0.15, -0.1) is 0 Å². The summed E-state index contributed by atoms with van der Waals surface area (Å²) in [6.45, 7) is 0. The van der Waals surface area contributed by atoms with Gasteiger partial charge in [0.1, 0.15) is 11.3 Å². The van der Waals surface area contributed by atoms with Crippen LogP contribution in [-0.2, 0) is 0 Å². The van der Waals surface area contributed by atoms with Crippen molar-refractivity contribution in [2.75, 3.05) is 0 Å². The van der Waals surface area contributed by atoms with Gasteiger partial charge in [-0.2, -0.15) is 0 Å². The quantitative estimate of drug-likeness (QED) is 0.173. The van der Waals surface area contributed by atoms with Crippen molar-refractivity contribution < 1.29 is 4.42 Å². The summed E-state index contributed by atoms with van der Waals surface area (Å²) in [7, 11) is 0. The highest BCUT2D eigenvalue weighted by atomic mass is 16.3. The van der Waals surface area contributed by atoms with Gasteiger partial charge in [-0.05, 0) is 116 Å². The molecule has 73 heavy (non-hydrogen) atoms. The van der Waals surface area contributed by atoms with E-state index in [1.807, 2.05) is 0 Å². The Bertz CT molecular complexity index is 4980. The number of benzene rings is 12. The predicted molar refractivity (Wildman–Crippen MR) is 302 cm³/mol. The Balaban J connectivity index is 1.04. The van der Waals surface area contributed by atoms with Crippen LogP contribution in [0.4, 0.5) is 0 Å². The van der Waals surface area contributed by atoms with Crippen molar-refractivity contribution in [3.05, 3.63) is 237 Å². The van der Waals surface area contributed by atoms with Gasteiger partial charge in [-0.25, -0.2) is 15.0 Å². The first-order chi connectivity index (χ1) is 36.2. The van der Waals surface area contributed by atoms with Gasteiger partial charge in [0.25, 0.3) is 0 Å². The van der Waals surface area contributed by atoms with Crippen LogP contribution in [-0.4, -0.2) is 24.1 Å². The molecule has 0 saturated heterocycles. The molecular formula is C67H39N5O. The van der Waals surface area contributed by atoms with E-state index in [9.17, 15) is 0 Å². The summed E-state index contributed by atoms with van der Waals surface area (Å²) in [4.78, 5) is 16.6. The Morgan fingerprint density at radius 1 is 0.301 bits per heavy atom. The summed E-state index contributed by atoms with van der Waals surface area (Å²) in [6, 6.07) is 84.4. The van der Waals surface area contributed by atoms with Crippen LogP contribution in [0.2, 0.25) is 0 Å². The summed E-state index contributed by atoms with van der Waals surface area (Å²) in [5.74, 6) is 1.70. The maximum Gasteiger partial charge on any atom is 0.166 e. The van der Waals surface area contributed by atoms with Crippen molar-refractivity contribution in [3.8, 4) is 45.5 Å². The molecule has 0 fully saturated rings. The Morgan fingerprint density at radius 3 is 1.68 bits per heavy atom. The average Bonchev–Trinajstić information content (AvgIpc) is 4.12. The first-order valence-corrected chi connectivity index (χ1v) is 24.8. The second kappa shape index (κ2) is 15.3. The lowest BCUT2D eigenvalue weighted by Gasteiger charge is -2.16. The normalized spacial score (nSPS) is 12.1. The van der Waals surface area contributed by atoms with Crippen LogP contribution in [0, 0.1) is 0 Å². The van der Waals surface area contributed by atoms with E-state index in [4.69, 9.17) is 19.4 Å². The van der Waals surface area contributed by atoms with Gasteiger partial charge < -0.3 is 13.6 Å². The smallest absolute Gasteiger partial charge is 0.166 e. The van der Waals surface area contributed by atoms with E-state index < -0.39 is 0 Å². The van der Waals surface area contributed by atoms with Gasteiger partial charge in [-0.1, -0.05) is 164 Å². The lowest BCUT2D eigenvalue weighted by molar-refractivity contribution is 0.667. The number of hydrogen-bond donors (Lipinski definition) is 0. The van der Waals surface area contributed by atoms with Gasteiger partial charge in [0, 0.05) is 54.7 Å². The Labute approximate surface area is 417 Å². The van der Waals surface area contributed by atoms with Gasteiger partial charge in [0.2, 0.25) is 0 Å². The summed E-state index contributed by atoms with van der Waals surface area (Å²) in [5.41, 5.74) is 10.6. The largest absolute Gasteiger partial charge is 0.454 e. The summed E-state index contributed by atoms with van der Waals surface area (Å²) in [5, 5.41) is 15.9. The van der Waals surface area contributed by atoms with E-state index in [-0.39, 0.29) is 0 Å². The third-order valence-electron chi connectivity index (χ3n) is 15.1. The number of hydrogen-bond acceptors (Lipinski definition) is 4. The fourth-order valence-corrected chi connectivity index (χ4v) is 11.8. The molecule has 16 aromatic rings. The molecule has 338 valence electrons. The number of aromatic nitrogens is 5. The van der Waals surface area contributed by atoms with Gasteiger partial charge in [0.15, 0.2) is 23.1 Å². The lowest BCUT2D eigenvalue weighted by Crippen LogP contribution is -2.04. The van der Waals surface area contributed by atoms with Crippen molar-refractivity contribution in [2.45, 2.75) is 0 Å². The Hall–Kier alpha value is -9.91. The number of nitrogens with zero attached hydrogens (tertiary/aromatic N) is 5. The molecule has 0 radical (unpaired) electrons. The monoisotopic (exact) mass is 929 g/mol. The Kier molecular flexibility index (Phi) is 8.36. The molecule has 6 nitrogen and oxygen atoms in total. The minimum absolute atomic E-state index is 0.540. The SMILES string of the molecule is c1ccc(-n2c3ccccc3c3cc(-c4nc(-c5ccc6c(oc7ccc8ccccc8c76)c5-n5c6cc7ccccc7cc6c6c7ccccc7ccc65)nc(-c5cccc6ccccc56)n4)ccc32)cc1. The molecule has 4 aromatic heterocycles. The van der Waals surface area contributed by atoms with Gasteiger partial charge in [-0.3, -0.25) is 0 Å². The molecule has 4 heterocycles. The minimum Gasteiger partial charge on any atom is -0.454 e. The fourth-order valence-electron chi connectivity index (χ4n) is 11.8. The number of para-hydroxylation sites is 2. The maximum absolute atomic E-state index is 7.27. The van der Waals surface area contributed by atoms with E-state index in [0.29, 0.717) is 17.5 Å². The zero-order valence-corrected chi connectivity index (χ0v) is 39.2. The van der Waals surface area contributed by atoms with E-state index >= 15 is 0 Å². The van der Waals surface area contributed by atoms with E-state index in [0.717, 1.165) is 115 Å². The molecular weight excluding hydrogens is 891 g/mol. The second-order valence-corrected chi connectivity index (χ2v) is 19.1. The first-order valence-electron chi connectivity index (χ1n) is 24.8. The first kappa shape index (κ1) is 39.9. The molecule has 12 aromatic carbocycles. The van der Waals surface area contributed by atoms with Crippen molar-refractivity contribution in [3.63, 3.8) is 0 Å². The minimum atomic E-state index is 0.540. The van der Waals surface area contributed by atoms with Crippen molar-refractivity contribution in [1.82, 2.24) is 24.1 Å². The van der Waals surface area contributed by atoms with Gasteiger partial charge in [0.05, 0.1) is 22.1 Å². The summed E-state index contributed by atoms with van der Waals surface area (Å²) in [6.07, 6.45) is 0. The average molecular weight is 930 g/mol. The Morgan fingerprint density at radius 2 is 0.890 bits per heavy atom. The standard InChI is InChI=1S/C67H39N5O/c1-2-21-46(22-3-1)71-56-28-13-12-26-50(56)54-38-45(30-34-57(54)71)65-68-66(51-27-14-20-40-15-6-9-23-47(40)51)70-67(69-65)53-33-32-52-62-49-25-11-8-17-42(49)31-36-60(62)73-64(52)63(53)72-58-35-29-41-16-7-10-24-48(41)61(58)55-37-43-18-4-5-19-44(43)39-59(55)72/h1-39H. The van der Waals surface area contributed by atoms with Crippen LogP contribution in [0.1, 0.15) is 0 Å². The molecule has 0 spiro atoms. The maximum atomic E-state index is 7.27. The summed E-state index contributed by atoms with van der Waals surface area (Å²) >= 11 is 0. The molecule has 0 bridgehead atoms. The van der Waals surface area contributed by atoms with Crippen LogP contribution in [0.25, 0.3) is 154 Å². The second-order valence-electron chi connectivity index (χ2n) is 19.1. The highest BCUT2D eigenvalue weighted by Crippen LogP contribution is 2.46. The van der Waals surface area contributed by atoms with E-state index in [1.165, 1.54) is 21.5 Å². The van der Waals surface area contributed by atoms with Crippen LogP contribution in [0.15, 0.2) is 241 Å². The number of furan rings is 1. The van der Waals surface area contributed by atoms with Crippen LogP contribution >= 0.6 is 0 Å². The third-order valence-corrected chi connectivity index (χ3v) is 15.1. The highest BCUT2D eigenvalue weighted by Gasteiger charge is 2.27. The van der Waals surface area contributed by atoms with Crippen LogP contribution in [0.5, 0.6) is 0 Å². The van der Waals surface area contributed by atoms with Crippen LogP contribution in [0.3, 0.4) is 0 Å². The number of rotatable bonds is 5. The van der Waals surface area contributed by atoms with Crippen LogP contribution < -0.4 is 0 Å². The topological polar surface area (TPSA) is 61.7 Å². The molecule has 0 aliphatic carbocycles. The molecule has 6 heteroatoms. The number of fused-ring (bicyclic) bond motifs is 15. The van der Waals surface area contributed by atoms with E-state index in [2.05, 4.69) is 246 Å². The van der Waals surface area contributed by atoms with E-state index in [1.54, 1.807) is 0 Å². The molecule has 0 amide bonds. The lowest BCUT2D eigenvalue weighted by atomic mass is 10.0. The highest BCUT2D eigenvalue weighted by molar-refractivity contribution is 6.26. The predicted octanol–water partition coefficient (Wildman–Crippen LogP) is 17.6. The van der Waals surface area contributed by atoms with Gasteiger partial charge >= 0.3 is 0 Å². The van der Waals surface area contributed by atoms with Crippen molar-refractivity contribution >= 4 is 109 Å². The third kappa shape index (κ3) is 5.89. The summed E-state index contributed by atoms with van der Waals surface area (Å²) < 4.78 is 12.0.